The zero-order valence-electron chi connectivity index (χ0n) is 13.3. The van der Waals surface area contributed by atoms with E-state index in [1.54, 1.807) is 38.3 Å². The molecular weight excluding hydrogens is 374 g/mol. The van der Waals surface area contributed by atoms with Crippen molar-refractivity contribution >= 4 is 33.7 Å². The molecule has 1 unspecified atom stereocenters. The van der Waals surface area contributed by atoms with Crippen molar-refractivity contribution in [1.29, 1.82) is 0 Å². The van der Waals surface area contributed by atoms with Gasteiger partial charge in [-0.25, -0.2) is 5.43 Å². The van der Waals surface area contributed by atoms with Gasteiger partial charge < -0.3 is 15.2 Å². The van der Waals surface area contributed by atoms with Gasteiger partial charge in [-0.1, -0.05) is 28.1 Å². The number of phenolic OH excluding ortho intramolecular Hbond substituents is 1. The number of amides is 1. The number of halogens is 1. The van der Waals surface area contributed by atoms with Crippen molar-refractivity contribution in [1.82, 2.24) is 5.43 Å². The number of hydrazone groups is 1. The molecule has 7 heteroatoms. The van der Waals surface area contributed by atoms with Gasteiger partial charge >= 0.3 is 0 Å². The summed E-state index contributed by atoms with van der Waals surface area (Å²) in [6.07, 6.45) is 1.38. The van der Waals surface area contributed by atoms with Crippen molar-refractivity contribution in [2.75, 3.05) is 12.4 Å². The van der Waals surface area contributed by atoms with Crippen LogP contribution in [-0.4, -0.2) is 30.4 Å². The predicted molar refractivity (Wildman–Crippen MR) is 97.6 cm³/mol. The third-order valence-corrected chi connectivity index (χ3v) is 3.73. The number of carbonyl (C=O) groups excluding carboxylic acids is 1. The minimum Gasteiger partial charge on any atom is -0.507 e. The van der Waals surface area contributed by atoms with Crippen LogP contribution in [0.2, 0.25) is 0 Å². The van der Waals surface area contributed by atoms with E-state index in [1.165, 1.54) is 6.21 Å². The average molecular weight is 392 g/mol. The van der Waals surface area contributed by atoms with E-state index in [1.807, 2.05) is 18.2 Å². The summed E-state index contributed by atoms with van der Waals surface area (Å²) < 4.78 is 6.04. The molecule has 0 aliphatic heterocycles. The van der Waals surface area contributed by atoms with Crippen LogP contribution in [-0.2, 0) is 4.79 Å². The molecular formula is C17H18BrN3O3. The Bertz CT molecular complexity index is 750. The van der Waals surface area contributed by atoms with Gasteiger partial charge in [0.05, 0.1) is 19.0 Å². The standard InChI is InChI=1S/C17H18BrN3O3/c1-11(20-14-5-3-4-6-16(14)24-2)17(23)21-19-10-12-9-13(18)7-8-15(12)22/h3-11,20,22H,1-2H3,(H,21,23). The van der Waals surface area contributed by atoms with E-state index in [0.717, 1.165) is 10.2 Å². The lowest BCUT2D eigenvalue weighted by Crippen LogP contribution is -2.35. The zero-order chi connectivity index (χ0) is 17.5. The van der Waals surface area contributed by atoms with Gasteiger partial charge in [0, 0.05) is 10.0 Å². The lowest BCUT2D eigenvalue weighted by atomic mass is 10.2. The molecule has 3 N–H and O–H groups in total. The van der Waals surface area contributed by atoms with Gasteiger partial charge in [-0.05, 0) is 37.3 Å². The first-order valence-electron chi connectivity index (χ1n) is 7.22. The van der Waals surface area contributed by atoms with Crippen LogP contribution in [0.4, 0.5) is 5.69 Å². The second-order valence-corrected chi connectivity index (χ2v) is 5.92. The van der Waals surface area contributed by atoms with Crippen molar-refractivity contribution in [2.24, 2.45) is 5.10 Å². The molecule has 2 rings (SSSR count). The van der Waals surface area contributed by atoms with Crippen molar-refractivity contribution in [3.63, 3.8) is 0 Å². The van der Waals surface area contributed by atoms with Crippen molar-refractivity contribution in [2.45, 2.75) is 13.0 Å². The summed E-state index contributed by atoms with van der Waals surface area (Å²) in [6, 6.07) is 11.8. The van der Waals surface area contributed by atoms with Gasteiger partial charge in [-0.15, -0.1) is 0 Å². The van der Waals surface area contributed by atoms with Crippen LogP contribution in [0, 0.1) is 0 Å². The third-order valence-electron chi connectivity index (χ3n) is 3.24. The maximum absolute atomic E-state index is 12.1. The van der Waals surface area contributed by atoms with Gasteiger partial charge in [-0.2, -0.15) is 5.10 Å². The predicted octanol–water partition coefficient (Wildman–Crippen LogP) is 3.11. The number of hydrogen-bond acceptors (Lipinski definition) is 5. The zero-order valence-corrected chi connectivity index (χ0v) is 14.9. The van der Waals surface area contributed by atoms with Gasteiger partial charge in [0.15, 0.2) is 0 Å². The Labute approximate surface area is 148 Å². The number of phenols is 1. The molecule has 0 aromatic heterocycles. The number of nitrogens with zero attached hydrogens (tertiary/aromatic N) is 1. The highest BCUT2D eigenvalue weighted by Gasteiger charge is 2.13. The molecule has 1 amide bonds. The van der Waals surface area contributed by atoms with E-state index < -0.39 is 6.04 Å². The summed E-state index contributed by atoms with van der Waals surface area (Å²) in [4.78, 5) is 12.1. The van der Waals surface area contributed by atoms with E-state index in [-0.39, 0.29) is 11.7 Å². The van der Waals surface area contributed by atoms with Crippen molar-refractivity contribution in [3.05, 3.63) is 52.5 Å². The molecule has 6 nitrogen and oxygen atoms in total. The van der Waals surface area contributed by atoms with Crippen LogP contribution in [0.25, 0.3) is 0 Å². The number of benzene rings is 2. The first-order chi connectivity index (χ1) is 11.5. The summed E-state index contributed by atoms with van der Waals surface area (Å²) in [7, 11) is 1.57. The van der Waals surface area contributed by atoms with E-state index >= 15 is 0 Å². The smallest absolute Gasteiger partial charge is 0.262 e. The van der Waals surface area contributed by atoms with Crippen molar-refractivity contribution in [3.8, 4) is 11.5 Å². The van der Waals surface area contributed by atoms with Crippen LogP contribution in [0.1, 0.15) is 12.5 Å². The number of methoxy groups -OCH3 is 1. The highest BCUT2D eigenvalue weighted by atomic mass is 79.9. The fourth-order valence-corrected chi connectivity index (χ4v) is 2.33. The van der Waals surface area contributed by atoms with Crippen LogP contribution >= 0.6 is 15.9 Å². The minimum absolute atomic E-state index is 0.0800. The van der Waals surface area contributed by atoms with Crippen LogP contribution in [0.15, 0.2) is 52.0 Å². The minimum atomic E-state index is -0.519. The molecule has 0 heterocycles. The maximum atomic E-state index is 12.1. The highest BCUT2D eigenvalue weighted by Crippen LogP contribution is 2.23. The normalized spacial score (nSPS) is 12.0. The fourth-order valence-electron chi connectivity index (χ4n) is 1.95. The Morgan fingerprint density at radius 3 is 2.83 bits per heavy atom. The number of hydrogen-bond donors (Lipinski definition) is 3. The van der Waals surface area contributed by atoms with Gasteiger partial charge in [-0.3, -0.25) is 4.79 Å². The monoisotopic (exact) mass is 391 g/mol. The van der Waals surface area contributed by atoms with Gasteiger partial charge in [0.25, 0.3) is 5.91 Å². The first-order valence-corrected chi connectivity index (χ1v) is 8.01. The summed E-state index contributed by atoms with van der Waals surface area (Å²) in [5.41, 5.74) is 3.65. The number of para-hydroxylation sites is 2. The molecule has 0 fully saturated rings. The largest absolute Gasteiger partial charge is 0.507 e. The summed E-state index contributed by atoms with van der Waals surface area (Å²) >= 11 is 3.31. The fraction of sp³-hybridized carbons (Fsp3) is 0.176. The second-order valence-electron chi connectivity index (χ2n) is 5.00. The van der Waals surface area contributed by atoms with Gasteiger partial charge in [0.2, 0.25) is 0 Å². The number of anilines is 1. The first kappa shape index (κ1) is 17.8. The maximum Gasteiger partial charge on any atom is 0.262 e. The molecule has 0 saturated heterocycles. The quantitative estimate of drug-likeness (QED) is 0.521. The number of rotatable bonds is 6. The highest BCUT2D eigenvalue weighted by molar-refractivity contribution is 9.10. The SMILES string of the molecule is COc1ccccc1NC(C)C(=O)NN=Cc1cc(Br)ccc1O. The van der Waals surface area contributed by atoms with Crippen LogP contribution < -0.4 is 15.5 Å². The Morgan fingerprint density at radius 2 is 2.08 bits per heavy atom. The summed E-state index contributed by atoms with van der Waals surface area (Å²) in [5, 5.41) is 16.6. The molecule has 0 spiro atoms. The molecule has 1 atom stereocenters. The second kappa shape index (κ2) is 8.35. The lowest BCUT2D eigenvalue weighted by molar-refractivity contribution is -0.121. The van der Waals surface area contributed by atoms with E-state index in [9.17, 15) is 9.90 Å². The molecule has 0 saturated carbocycles. The Kier molecular flexibility index (Phi) is 6.20. The number of ether oxygens (including phenoxy) is 1. The Hall–Kier alpha value is -2.54. The molecule has 0 radical (unpaired) electrons. The lowest BCUT2D eigenvalue weighted by Gasteiger charge is -2.15. The summed E-state index contributed by atoms with van der Waals surface area (Å²) in [5.74, 6) is 0.419. The van der Waals surface area contributed by atoms with Gasteiger partial charge in [0.1, 0.15) is 17.5 Å². The van der Waals surface area contributed by atoms with E-state index in [4.69, 9.17) is 4.74 Å². The molecule has 126 valence electrons. The number of aromatic hydroxyl groups is 1. The van der Waals surface area contributed by atoms with Crippen LogP contribution in [0.5, 0.6) is 11.5 Å². The Morgan fingerprint density at radius 1 is 1.33 bits per heavy atom. The molecule has 0 aliphatic rings. The number of carbonyl (C=O) groups is 1. The average Bonchev–Trinajstić information content (AvgIpc) is 2.58. The van der Waals surface area contributed by atoms with Crippen LogP contribution in [0.3, 0.4) is 0 Å². The topological polar surface area (TPSA) is 83.0 Å². The van der Waals surface area contributed by atoms with Crippen molar-refractivity contribution < 1.29 is 14.6 Å². The Balaban J connectivity index is 1.96. The molecule has 0 bridgehead atoms. The third kappa shape index (κ3) is 4.73. The number of nitrogens with one attached hydrogen (secondary N) is 2. The molecule has 2 aromatic rings. The van der Waals surface area contributed by atoms with E-state index in [2.05, 4.69) is 31.8 Å². The summed E-state index contributed by atoms with van der Waals surface area (Å²) in [6.45, 7) is 1.72. The molecule has 0 aliphatic carbocycles. The van der Waals surface area contributed by atoms with E-state index in [0.29, 0.717) is 11.3 Å². The molecule has 2 aromatic carbocycles. The molecule has 24 heavy (non-hydrogen) atoms.